The van der Waals surface area contributed by atoms with Crippen LogP contribution in [0, 0.1) is 16.7 Å². The Balaban J connectivity index is 1.54. The van der Waals surface area contributed by atoms with Gasteiger partial charge in [0, 0.05) is 32.1 Å². The number of ether oxygens (including phenoxy) is 5. The van der Waals surface area contributed by atoms with Crippen LogP contribution in [0.1, 0.15) is 90.2 Å². The van der Waals surface area contributed by atoms with Crippen molar-refractivity contribution in [3.05, 3.63) is 82.9 Å². The number of aliphatic hydroxyl groups is 5. The van der Waals surface area contributed by atoms with Crippen molar-refractivity contribution in [1.29, 1.82) is 0 Å². The van der Waals surface area contributed by atoms with Crippen LogP contribution in [0.2, 0.25) is 0 Å². The largest absolute Gasteiger partial charge is 0.456 e. The Bertz CT molecular complexity index is 2140. The normalized spacial score (nSPS) is 33.5. The molecule has 17 nitrogen and oxygen atoms in total. The Labute approximate surface area is 358 Å². The number of benzene rings is 2. The molecule has 2 bridgehead atoms. The molecular weight excluding hydrogens is 810 g/mol. The number of ketones is 1. The van der Waals surface area contributed by atoms with Crippen LogP contribution in [-0.2, 0) is 47.7 Å². The highest BCUT2D eigenvalue weighted by Crippen LogP contribution is 2.64. The van der Waals surface area contributed by atoms with E-state index in [0.29, 0.717) is 0 Å². The SMILES string of the molecule is CC(=O)O[C@H]1C(=O)[C@@]2(C)[C@H]([C@H](OC(=O)c3ccccc3)[C@]3(O)CC(OC(=O)[C@H](O)[C@@H](NC(=O)C(C)(O)C(C)O)c4ccccc4)C(C)=C1C3(C)C)[C@]1(OC(C)=O)CO[C@@H]1C[C@@H]2O. The second-order valence-corrected chi connectivity index (χ2v) is 17.8. The Morgan fingerprint density at radius 2 is 1.52 bits per heavy atom. The molecular formula is C45H55NO16. The van der Waals surface area contributed by atoms with Gasteiger partial charge in [-0.3, -0.25) is 19.2 Å². The molecule has 4 aliphatic rings. The third kappa shape index (κ3) is 7.51. The molecule has 0 aromatic heterocycles. The average molecular weight is 866 g/mol. The van der Waals surface area contributed by atoms with E-state index in [1.165, 1.54) is 58.9 Å². The van der Waals surface area contributed by atoms with Gasteiger partial charge >= 0.3 is 23.9 Å². The van der Waals surface area contributed by atoms with E-state index in [0.717, 1.165) is 20.8 Å². The van der Waals surface area contributed by atoms with Crippen LogP contribution in [0.3, 0.4) is 0 Å². The number of nitrogens with one attached hydrogen (secondary N) is 1. The minimum atomic E-state index is -2.44. The number of esters is 4. The van der Waals surface area contributed by atoms with Crippen molar-refractivity contribution < 1.29 is 78.0 Å². The summed E-state index contributed by atoms with van der Waals surface area (Å²) in [5.74, 6) is -7.67. The lowest BCUT2D eigenvalue weighted by Gasteiger charge is -2.67. The maximum Gasteiger partial charge on any atom is 0.338 e. The molecule has 1 amide bonds. The number of carbonyl (C=O) groups is 6. The van der Waals surface area contributed by atoms with Crippen molar-refractivity contribution >= 4 is 35.6 Å². The minimum Gasteiger partial charge on any atom is -0.456 e. The Hall–Kier alpha value is -5.04. The lowest BCUT2D eigenvalue weighted by Crippen LogP contribution is -2.82. The van der Waals surface area contributed by atoms with Crippen molar-refractivity contribution in [2.24, 2.45) is 16.7 Å². The molecule has 1 heterocycles. The summed E-state index contributed by atoms with van der Waals surface area (Å²) in [7, 11) is 0. The molecule has 6 rings (SSSR count). The van der Waals surface area contributed by atoms with Crippen molar-refractivity contribution in [2.45, 2.75) is 134 Å². The molecule has 62 heavy (non-hydrogen) atoms. The zero-order valence-electron chi connectivity index (χ0n) is 35.8. The highest BCUT2D eigenvalue weighted by molar-refractivity contribution is 5.95. The third-order valence-electron chi connectivity index (χ3n) is 13.7. The van der Waals surface area contributed by atoms with Crippen LogP contribution < -0.4 is 5.32 Å². The van der Waals surface area contributed by atoms with E-state index in [1.807, 2.05) is 0 Å². The number of rotatable bonds is 11. The van der Waals surface area contributed by atoms with E-state index in [4.69, 9.17) is 23.7 Å². The van der Waals surface area contributed by atoms with E-state index in [1.54, 1.807) is 36.4 Å². The molecule has 0 radical (unpaired) electrons. The Kier molecular flexibility index (Phi) is 12.4. The monoisotopic (exact) mass is 865 g/mol. The smallest absolute Gasteiger partial charge is 0.338 e. The van der Waals surface area contributed by atoms with Crippen molar-refractivity contribution in [3.8, 4) is 0 Å². The van der Waals surface area contributed by atoms with Gasteiger partial charge in [0.2, 0.25) is 0 Å². The number of hydrogen-bond donors (Lipinski definition) is 6. The molecule has 17 heteroatoms. The molecule has 2 aromatic rings. The molecule has 1 aliphatic heterocycles. The van der Waals surface area contributed by atoms with E-state index < -0.39 is 124 Å². The van der Waals surface area contributed by atoms with Gasteiger partial charge in [-0.25, -0.2) is 9.59 Å². The number of Topliss-reactive ketones (excluding diaryl/α,β-unsaturated/α-hetero) is 1. The van der Waals surface area contributed by atoms with Gasteiger partial charge in [-0.05, 0) is 56.5 Å². The maximum atomic E-state index is 15.5. The first-order chi connectivity index (χ1) is 28.9. The van der Waals surface area contributed by atoms with Crippen LogP contribution >= 0.6 is 0 Å². The zero-order chi connectivity index (χ0) is 45.9. The van der Waals surface area contributed by atoms with Gasteiger partial charge in [-0.15, -0.1) is 0 Å². The molecule has 3 unspecified atom stereocenters. The first-order valence-electron chi connectivity index (χ1n) is 20.4. The van der Waals surface area contributed by atoms with Gasteiger partial charge in [-0.1, -0.05) is 62.4 Å². The summed E-state index contributed by atoms with van der Waals surface area (Å²) in [4.78, 5) is 83.1. The van der Waals surface area contributed by atoms with E-state index in [-0.39, 0.29) is 35.3 Å². The fourth-order valence-corrected chi connectivity index (χ4v) is 9.85. The second kappa shape index (κ2) is 16.6. The van der Waals surface area contributed by atoms with Crippen molar-refractivity contribution in [1.82, 2.24) is 5.32 Å². The molecule has 3 fully saturated rings. The molecule has 2 saturated carbocycles. The predicted molar refractivity (Wildman–Crippen MR) is 214 cm³/mol. The molecule has 6 N–H and O–H groups in total. The van der Waals surface area contributed by atoms with Gasteiger partial charge in [-0.2, -0.15) is 0 Å². The number of carbonyl (C=O) groups excluding carboxylic acids is 6. The van der Waals surface area contributed by atoms with Crippen LogP contribution in [0.25, 0.3) is 0 Å². The fraction of sp³-hybridized carbons (Fsp3) is 0.556. The number of amides is 1. The summed E-state index contributed by atoms with van der Waals surface area (Å²) in [5, 5.41) is 60.6. The maximum absolute atomic E-state index is 15.5. The highest BCUT2D eigenvalue weighted by Gasteiger charge is 2.78. The number of hydrogen-bond acceptors (Lipinski definition) is 16. The molecule has 3 aliphatic carbocycles. The molecule has 0 spiro atoms. The van der Waals surface area contributed by atoms with Crippen LogP contribution in [0.15, 0.2) is 71.8 Å². The van der Waals surface area contributed by atoms with E-state index in [9.17, 15) is 49.5 Å². The van der Waals surface area contributed by atoms with Gasteiger partial charge in [0.25, 0.3) is 5.91 Å². The van der Waals surface area contributed by atoms with Crippen molar-refractivity contribution in [2.75, 3.05) is 6.61 Å². The summed E-state index contributed by atoms with van der Waals surface area (Å²) >= 11 is 0. The lowest BCUT2D eigenvalue weighted by molar-refractivity contribution is -0.346. The van der Waals surface area contributed by atoms with E-state index in [2.05, 4.69) is 5.32 Å². The lowest BCUT2D eigenvalue weighted by atomic mass is 9.44. The topological polar surface area (TPSA) is 262 Å². The molecule has 13 atom stereocenters. The van der Waals surface area contributed by atoms with E-state index >= 15 is 4.79 Å². The summed E-state index contributed by atoms with van der Waals surface area (Å²) in [5.41, 5.74) is -10.1. The number of aliphatic hydroxyl groups excluding tert-OH is 3. The summed E-state index contributed by atoms with van der Waals surface area (Å²) in [6.45, 7) is 9.97. The Morgan fingerprint density at radius 3 is 2.05 bits per heavy atom. The van der Waals surface area contributed by atoms with Gasteiger partial charge < -0.3 is 54.5 Å². The standard InChI is InChI=1S/C45H55NO16/c1-22-28(60-39(54)33(51)32(26-15-11-9-12-16-26)46-40(55)43(8,56)23(2)47)20-45(57)37(61-38(53)27-17-13-10-14-18-27)35-42(7,29(50)19-30-44(35,21-58-30)62-25(4)49)36(52)34(59-24(3)48)31(22)41(45,5)6/h9-18,23,28-30,32-35,37,47,50-51,56-57H,19-21H2,1-8H3,(H,46,55)/t23?,28?,29-,30+,32-,33+,34+,35-,37-,42+,43?,44-,45+/m0/s1. The van der Waals surface area contributed by atoms with Gasteiger partial charge in [0.15, 0.2) is 29.2 Å². The Morgan fingerprint density at radius 1 is 0.919 bits per heavy atom. The first kappa shape index (κ1) is 46.5. The minimum absolute atomic E-state index is 0.0403. The third-order valence-corrected chi connectivity index (χ3v) is 13.7. The number of fused-ring (bicyclic) bond motifs is 5. The summed E-state index contributed by atoms with van der Waals surface area (Å²) in [6.07, 6.45) is -12.6. The average Bonchev–Trinajstić information content (AvgIpc) is 3.20. The molecule has 1 saturated heterocycles. The summed E-state index contributed by atoms with van der Waals surface area (Å²) in [6, 6.07) is 13.9. The van der Waals surface area contributed by atoms with Gasteiger partial charge in [0.1, 0.15) is 23.9 Å². The van der Waals surface area contributed by atoms with Gasteiger partial charge in [0.05, 0.1) is 41.8 Å². The predicted octanol–water partition coefficient (Wildman–Crippen LogP) is 1.55. The quantitative estimate of drug-likeness (QED) is 0.106. The van der Waals surface area contributed by atoms with Crippen molar-refractivity contribution in [3.63, 3.8) is 0 Å². The first-order valence-corrected chi connectivity index (χ1v) is 20.4. The molecule has 336 valence electrons. The molecule has 2 aromatic carbocycles. The zero-order valence-corrected chi connectivity index (χ0v) is 35.8. The summed E-state index contributed by atoms with van der Waals surface area (Å²) < 4.78 is 30.1. The highest BCUT2D eigenvalue weighted by atomic mass is 16.6. The van der Waals surface area contributed by atoms with Crippen LogP contribution in [0.4, 0.5) is 0 Å². The second-order valence-electron chi connectivity index (χ2n) is 17.8. The van der Waals surface area contributed by atoms with Crippen LogP contribution in [0.5, 0.6) is 0 Å². The van der Waals surface area contributed by atoms with Crippen LogP contribution in [-0.4, -0.2) is 127 Å². The fourth-order valence-electron chi connectivity index (χ4n) is 9.85.